The fourth-order valence-corrected chi connectivity index (χ4v) is 3.11. The Kier molecular flexibility index (Phi) is 6.51. The van der Waals surface area contributed by atoms with E-state index in [2.05, 4.69) is 21.2 Å². The van der Waals surface area contributed by atoms with Crippen molar-refractivity contribution in [1.82, 2.24) is 5.32 Å². The van der Waals surface area contributed by atoms with Crippen molar-refractivity contribution < 1.29 is 9.53 Å². The summed E-state index contributed by atoms with van der Waals surface area (Å²) in [6, 6.07) is 5.22. The molecule has 21 heavy (non-hydrogen) atoms. The van der Waals surface area contributed by atoms with Crippen LogP contribution in [0.1, 0.15) is 48.9 Å². The summed E-state index contributed by atoms with van der Waals surface area (Å²) >= 11 is 3.34. The number of carbonyl (C=O) groups excluding carboxylic acids is 1. The largest absolute Gasteiger partial charge is 0.399 e. The number of halogens is 1. The fraction of sp³-hybridized carbons (Fsp3) is 0.562. The lowest BCUT2D eigenvalue weighted by Crippen LogP contribution is -2.26. The Morgan fingerprint density at radius 2 is 2.05 bits per heavy atom. The van der Waals surface area contributed by atoms with Crippen LogP contribution < -0.4 is 11.1 Å². The molecule has 0 aliphatic heterocycles. The van der Waals surface area contributed by atoms with E-state index in [0.29, 0.717) is 30.5 Å². The highest BCUT2D eigenvalue weighted by Crippen LogP contribution is 2.20. The van der Waals surface area contributed by atoms with E-state index >= 15 is 0 Å². The van der Waals surface area contributed by atoms with Crippen LogP contribution in [0.15, 0.2) is 22.7 Å². The number of hydrogen-bond donors (Lipinski definition) is 2. The van der Waals surface area contributed by atoms with Gasteiger partial charge in [0.15, 0.2) is 0 Å². The lowest BCUT2D eigenvalue weighted by molar-refractivity contribution is 0.0273. The molecule has 4 nitrogen and oxygen atoms in total. The SMILES string of the molecule is Nc1cc(Br)cc(C(=O)NCCCOC2CCCCC2)c1. The third-order valence-electron chi connectivity index (χ3n) is 3.69. The number of ether oxygens (including phenoxy) is 1. The van der Waals surface area contributed by atoms with Crippen molar-refractivity contribution in [2.24, 2.45) is 0 Å². The van der Waals surface area contributed by atoms with Crippen molar-refractivity contribution in [3.05, 3.63) is 28.2 Å². The van der Waals surface area contributed by atoms with Gasteiger partial charge >= 0.3 is 0 Å². The van der Waals surface area contributed by atoms with Gasteiger partial charge in [-0.25, -0.2) is 0 Å². The molecule has 0 spiro atoms. The molecule has 1 aromatic carbocycles. The van der Waals surface area contributed by atoms with E-state index in [1.807, 2.05) is 0 Å². The number of benzene rings is 1. The Bertz CT molecular complexity index is 453. The van der Waals surface area contributed by atoms with Crippen molar-refractivity contribution in [3.63, 3.8) is 0 Å². The van der Waals surface area contributed by atoms with Crippen LogP contribution >= 0.6 is 15.9 Å². The van der Waals surface area contributed by atoms with Crippen molar-refractivity contribution >= 4 is 27.5 Å². The summed E-state index contributed by atoms with van der Waals surface area (Å²) in [4.78, 5) is 12.0. The summed E-state index contributed by atoms with van der Waals surface area (Å²) in [5.74, 6) is -0.0966. The van der Waals surface area contributed by atoms with Gasteiger partial charge in [0.1, 0.15) is 0 Å². The highest BCUT2D eigenvalue weighted by molar-refractivity contribution is 9.10. The fourth-order valence-electron chi connectivity index (χ4n) is 2.60. The third kappa shape index (κ3) is 5.67. The molecule has 0 bridgehead atoms. The van der Waals surface area contributed by atoms with E-state index in [0.717, 1.165) is 10.9 Å². The number of nitrogens with one attached hydrogen (secondary N) is 1. The van der Waals surface area contributed by atoms with Crippen LogP contribution in [0.2, 0.25) is 0 Å². The Morgan fingerprint density at radius 3 is 2.76 bits per heavy atom. The lowest BCUT2D eigenvalue weighted by atomic mass is 9.98. The summed E-state index contributed by atoms with van der Waals surface area (Å²) in [6.45, 7) is 1.34. The molecule has 1 fully saturated rings. The third-order valence-corrected chi connectivity index (χ3v) is 4.15. The highest BCUT2D eigenvalue weighted by Gasteiger charge is 2.13. The average Bonchev–Trinajstić information content (AvgIpc) is 2.47. The number of carbonyl (C=O) groups is 1. The van der Waals surface area contributed by atoms with Gasteiger partial charge in [-0.05, 0) is 37.5 Å². The summed E-state index contributed by atoms with van der Waals surface area (Å²) in [5, 5.41) is 2.90. The average molecular weight is 355 g/mol. The molecule has 2 rings (SSSR count). The minimum absolute atomic E-state index is 0.0966. The molecule has 0 aromatic heterocycles. The highest BCUT2D eigenvalue weighted by atomic mass is 79.9. The molecule has 1 aliphatic carbocycles. The maximum Gasteiger partial charge on any atom is 0.251 e. The van der Waals surface area contributed by atoms with Crippen molar-refractivity contribution in [1.29, 1.82) is 0 Å². The minimum Gasteiger partial charge on any atom is -0.399 e. The number of nitrogen functional groups attached to an aromatic ring is 1. The summed E-state index contributed by atoms with van der Waals surface area (Å²) in [6.07, 6.45) is 7.54. The van der Waals surface area contributed by atoms with Gasteiger partial charge in [0.2, 0.25) is 0 Å². The van der Waals surface area contributed by atoms with Crippen molar-refractivity contribution in [2.75, 3.05) is 18.9 Å². The molecule has 1 aliphatic rings. The predicted molar refractivity (Wildman–Crippen MR) is 88.3 cm³/mol. The van der Waals surface area contributed by atoms with Crippen LogP contribution in [-0.2, 0) is 4.74 Å². The Hall–Kier alpha value is -1.07. The first-order valence-corrected chi connectivity index (χ1v) is 8.40. The first-order valence-electron chi connectivity index (χ1n) is 7.61. The Labute approximate surface area is 134 Å². The van der Waals surface area contributed by atoms with Crippen LogP contribution in [0, 0.1) is 0 Å². The molecule has 0 radical (unpaired) electrons. The van der Waals surface area contributed by atoms with Gasteiger partial charge in [0.25, 0.3) is 5.91 Å². The second-order valence-electron chi connectivity index (χ2n) is 5.51. The smallest absolute Gasteiger partial charge is 0.251 e. The molecule has 116 valence electrons. The zero-order valence-corrected chi connectivity index (χ0v) is 13.8. The van der Waals surface area contributed by atoms with Crippen LogP contribution in [0.25, 0.3) is 0 Å². The molecule has 1 aromatic rings. The van der Waals surface area contributed by atoms with E-state index < -0.39 is 0 Å². The summed E-state index contributed by atoms with van der Waals surface area (Å²) < 4.78 is 6.64. The van der Waals surface area contributed by atoms with Gasteiger partial charge in [-0.2, -0.15) is 0 Å². The van der Waals surface area contributed by atoms with Crippen LogP contribution in [0.3, 0.4) is 0 Å². The number of amides is 1. The normalized spacial score (nSPS) is 15.9. The van der Waals surface area contributed by atoms with Crippen LogP contribution in [0.5, 0.6) is 0 Å². The van der Waals surface area contributed by atoms with Crippen LogP contribution in [-0.4, -0.2) is 25.2 Å². The number of anilines is 1. The molecular weight excluding hydrogens is 332 g/mol. The number of nitrogens with two attached hydrogens (primary N) is 1. The minimum atomic E-state index is -0.0966. The molecule has 1 saturated carbocycles. The first kappa shape index (κ1) is 16.3. The molecule has 3 N–H and O–H groups in total. The Morgan fingerprint density at radius 1 is 1.29 bits per heavy atom. The van der Waals surface area contributed by atoms with Gasteiger partial charge in [-0.3, -0.25) is 4.79 Å². The second-order valence-corrected chi connectivity index (χ2v) is 6.43. The Balaban J connectivity index is 1.64. The molecular formula is C16H23BrN2O2. The first-order chi connectivity index (χ1) is 10.1. The number of hydrogen-bond acceptors (Lipinski definition) is 3. The summed E-state index contributed by atoms with van der Waals surface area (Å²) in [7, 11) is 0. The topological polar surface area (TPSA) is 64.4 Å². The van der Waals surface area contributed by atoms with E-state index in [4.69, 9.17) is 10.5 Å². The predicted octanol–water partition coefficient (Wildman–Crippen LogP) is 3.50. The van der Waals surface area contributed by atoms with Gasteiger partial charge in [-0.1, -0.05) is 35.2 Å². The quantitative estimate of drug-likeness (QED) is 0.606. The van der Waals surface area contributed by atoms with Crippen molar-refractivity contribution in [3.8, 4) is 0 Å². The molecule has 0 unspecified atom stereocenters. The van der Waals surface area contributed by atoms with E-state index in [1.165, 1.54) is 32.1 Å². The van der Waals surface area contributed by atoms with Gasteiger partial charge in [-0.15, -0.1) is 0 Å². The van der Waals surface area contributed by atoms with Crippen LogP contribution in [0.4, 0.5) is 5.69 Å². The zero-order chi connectivity index (χ0) is 15.1. The van der Waals surface area contributed by atoms with Crippen molar-refractivity contribution in [2.45, 2.75) is 44.6 Å². The maximum absolute atomic E-state index is 12.0. The standard InChI is InChI=1S/C16H23BrN2O2/c17-13-9-12(10-14(18)11-13)16(20)19-7-4-8-21-15-5-2-1-3-6-15/h9-11,15H,1-8,18H2,(H,19,20). The molecule has 5 heteroatoms. The zero-order valence-electron chi connectivity index (χ0n) is 12.2. The molecule has 0 saturated heterocycles. The molecule has 0 atom stereocenters. The van der Waals surface area contributed by atoms with E-state index in [9.17, 15) is 4.79 Å². The molecule has 0 heterocycles. The van der Waals surface area contributed by atoms with Gasteiger partial charge < -0.3 is 15.8 Å². The van der Waals surface area contributed by atoms with Gasteiger partial charge in [0, 0.05) is 28.9 Å². The maximum atomic E-state index is 12.0. The van der Waals surface area contributed by atoms with E-state index in [-0.39, 0.29) is 5.91 Å². The monoisotopic (exact) mass is 354 g/mol. The van der Waals surface area contributed by atoms with E-state index in [1.54, 1.807) is 18.2 Å². The second kappa shape index (κ2) is 8.39. The van der Waals surface area contributed by atoms with Gasteiger partial charge in [0.05, 0.1) is 6.10 Å². The lowest BCUT2D eigenvalue weighted by Gasteiger charge is -2.21. The molecule has 1 amide bonds. The number of rotatable bonds is 6. The summed E-state index contributed by atoms with van der Waals surface area (Å²) in [5.41, 5.74) is 6.88.